The second kappa shape index (κ2) is 5.77. The lowest BCUT2D eigenvalue weighted by molar-refractivity contribution is 0.0952. The number of hydrogen-bond donors (Lipinski definition) is 0. The Kier molecular flexibility index (Phi) is 3.83. The molecular formula is C14H18FN5O. The first-order valence-corrected chi connectivity index (χ1v) is 6.92. The first-order valence-electron chi connectivity index (χ1n) is 6.92. The van der Waals surface area contributed by atoms with Crippen molar-refractivity contribution in [2.24, 2.45) is 7.05 Å². The third kappa shape index (κ3) is 2.87. The Morgan fingerprint density at radius 2 is 2.10 bits per heavy atom. The van der Waals surface area contributed by atoms with Crippen LogP contribution in [0, 0.1) is 5.82 Å². The van der Waals surface area contributed by atoms with E-state index in [4.69, 9.17) is 4.74 Å². The lowest BCUT2D eigenvalue weighted by Crippen LogP contribution is -2.38. The topological polar surface area (TPSA) is 56.1 Å². The van der Waals surface area contributed by atoms with E-state index in [1.807, 2.05) is 19.4 Å². The molecule has 0 saturated carbocycles. The van der Waals surface area contributed by atoms with Gasteiger partial charge in [-0.25, -0.2) is 14.4 Å². The summed E-state index contributed by atoms with van der Waals surface area (Å²) in [5.41, 5.74) is 1.14. The number of methoxy groups -OCH3 is 1. The van der Waals surface area contributed by atoms with E-state index in [1.54, 1.807) is 11.8 Å². The van der Waals surface area contributed by atoms with Crippen molar-refractivity contribution >= 4 is 5.95 Å². The Labute approximate surface area is 122 Å². The Morgan fingerprint density at radius 3 is 2.71 bits per heavy atom. The molecule has 6 nitrogen and oxygen atoms in total. The molecule has 0 amide bonds. The molecule has 0 radical (unpaired) electrons. The molecule has 1 saturated heterocycles. The van der Waals surface area contributed by atoms with Crippen LogP contribution in [-0.2, 0) is 18.2 Å². The Hall–Kier alpha value is -2.02. The summed E-state index contributed by atoms with van der Waals surface area (Å²) in [4.78, 5) is 10.3. The molecule has 1 aliphatic rings. The molecule has 0 spiro atoms. The molecule has 0 bridgehead atoms. The minimum Gasteiger partial charge on any atom is -0.379 e. The molecule has 2 aromatic rings. The standard InChI is InChI=1S/C14H18FN5O/c1-19-9-10(6-18-19)5-12-13(21-2)3-4-20(12)14-16-7-11(15)8-17-14/h6-9,12-13H,3-5H2,1-2H3/t12-,13+/m1/s1. The molecule has 1 fully saturated rings. The van der Waals surface area contributed by atoms with Crippen LogP contribution in [0.5, 0.6) is 0 Å². The molecule has 0 unspecified atom stereocenters. The van der Waals surface area contributed by atoms with Gasteiger partial charge in [-0.3, -0.25) is 4.68 Å². The van der Waals surface area contributed by atoms with Gasteiger partial charge in [-0.15, -0.1) is 0 Å². The van der Waals surface area contributed by atoms with Gasteiger partial charge in [0.05, 0.1) is 30.7 Å². The SMILES string of the molecule is CO[C@H]1CCN(c2ncc(F)cn2)[C@@H]1Cc1cnn(C)c1. The summed E-state index contributed by atoms with van der Waals surface area (Å²) in [5.74, 6) is 0.120. The number of halogens is 1. The number of aromatic nitrogens is 4. The third-order valence-electron chi connectivity index (χ3n) is 3.85. The summed E-state index contributed by atoms with van der Waals surface area (Å²) >= 11 is 0. The molecule has 21 heavy (non-hydrogen) atoms. The van der Waals surface area contributed by atoms with Gasteiger partial charge in [-0.05, 0) is 18.4 Å². The van der Waals surface area contributed by atoms with Crippen molar-refractivity contribution in [3.05, 3.63) is 36.2 Å². The lowest BCUT2D eigenvalue weighted by Gasteiger charge is -2.27. The van der Waals surface area contributed by atoms with Crippen LogP contribution in [0.2, 0.25) is 0 Å². The van der Waals surface area contributed by atoms with Gasteiger partial charge in [-0.1, -0.05) is 0 Å². The molecule has 2 aromatic heterocycles. The quantitative estimate of drug-likeness (QED) is 0.847. The van der Waals surface area contributed by atoms with E-state index in [0.29, 0.717) is 5.95 Å². The zero-order valence-electron chi connectivity index (χ0n) is 12.1. The van der Waals surface area contributed by atoms with Gasteiger partial charge in [0, 0.05) is 26.9 Å². The van der Waals surface area contributed by atoms with Gasteiger partial charge in [0.1, 0.15) is 0 Å². The largest absolute Gasteiger partial charge is 0.379 e. The van der Waals surface area contributed by atoms with Crippen molar-refractivity contribution < 1.29 is 9.13 Å². The van der Waals surface area contributed by atoms with E-state index in [0.717, 1.165) is 24.9 Å². The smallest absolute Gasteiger partial charge is 0.225 e. The molecule has 7 heteroatoms. The van der Waals surface area contributed by atoms with Crippen molar-refractivity contribution in [2.45, 2.75) is 25.0 Å². The predicted octanol–water partition coefficient (Wildman–Crippen LogP) is 1.19. The molecule has 3 rings (SSSR count). The first-order chi connectivity index (χ1) is 10.2. The number of aryl methyl sites for hydroxylation is 1. The second-order valence-corrected chi connectivity index (χ2v) is 5.25. The van der Waals surface area contributed by atoms with Gasteiger partial charge in [-0.2, -0.15) is 5.10 Å². The fourth-order valence-corrected chi connectivity index (χ4v) is 2.86. The number of rotatable bonds is 4. The van der Waals surface area contributed by atoms with Gasteiger partial charge >= 0.3 is 0 Å². The van der Waals surface area contributed by atoms with E-state index in [-0.39, 0.29) is 12.1 Å². The molecule has 3 heterocycles. The van der Waals surface area contributed by atoms with Crippen molar-refractivity contribution in [2.75, 3.05) is 18.6 Å². The molecule has 0 aliphatic carbocycles. The minimum atomic E-state index is -0.426. The maximum absolute atomic E-state index is 13.0. The number of ether oxygens (including phenoxy) is 1. The van der Waals surface area contributed by atoms with E-state index in [1.165, 1.54) is 12.4 Å². The minimum absolute atomic E-state index is 0.110. The maximum Gasteiger partial charge on any atom is 0.225 e. The van der Waals surface area contributed by atoms with E-state index in [2.05, 4.69) is 20.0 Å². The van der Waals surface area contributed by atoms with Crippen LogP contribution in [0.1, 0.15) is 12.0 Å². The zero-order valence-corrected chi connectivity index (χ0v) is 12.1. The van der Waals surface area contributed by atoms with E-state index >= 15 is 0 Å². The predicted molar refractivity (Wildman–Crippen MR) is 75.5 cm³/mol. The summed E-state index contributed by atoms with van der Waals surface area (Å²) in [7, 11) is 3.61. The molecular weight excluding hydrogens is 273 g/mol. The van der Waals surface area contributed by atoms with Gasteiger partial charge < -0.3 is 9.64 Å². The fourth-order valence-electron chi connectivity index (χ4n) is 2.86. The number of anilines is 1. The first kappa shape index (κ1) is 13.9. The van der Waals surface area contributed by atoms with Gasteiger partial charge in [0.2, 0.25) is 5.95 Å². The van der Waals surface area contributed by atoms with Crippen LogP contribution in [0.15, 0.2) is 24.8 Å². The Balaban J connectivity index is 1.83. The van der Waals surface area contributed by atoms with Crippen molar-refractivity contribution in [1.82, 2.24) is 19.7 Å². The molecule has 0 N–H and O–H groups in total. The highest BCUT2D eigenvalue weighted by Crippen LogP contribution is 2.27. The van der Waals surface area contributed by atoms with Gasteiger partial charge in [0.15, 0.2) is 5.82 Å². The fraction of sp³-hybridized carbons (Fsp3) is 0.500. The van der Waals surface area contributed by atoms with Crippen LogP contribution in [-0.4, -0.2) is 45.5 Å². The highest BCUT2D eigenvalue weighted by molar-refractivity contribution is 5.35. The van der Waals surface area contributed by atoms with E-state index in [9.17, 15) is 4.39 Å². The van der Waals surface area contributed by atoms with Crippen molar-refractivity contribution in [3.8, 4) is 0 Å². The average molecular weight is 291 g/mol. The maximum atomic E-state index is 13.0. The zero-order chi connectivity index (χ0) is 14.8. The summed E-state index contributed by atoms with van der Waals surface area (Å²) in [6.07, 6.45) is 8.06. The number of nitrogens with zero attached hydrogens (tertiary/aromatic N) is 5. The molecule has 1 aliphatic heterocycles. The van der Waals surface area contributed by atoms with Crippen molar-refractivity contribution in [1.29, 1.82) is 0 Å². The summed E-state index contributed by atoms with van der Waals surface area (Å²) < 4.78 is 20.3. The van der Waals surface area contributed by atoms with Crippen LogP contribution in [0.4, 0.5) is 10.3 Å². The lowest BCUT2D eigenvalue weighted by atomic mass is 10.0. The second-order valence-electron chi connectivity index (χ2n) is 5.25. The summed E-state index contributed by atoms with van der Waals surface area (Å²) in [6, 6.07) is 0.129. The van der Waals surface area contributed by atoms with Crippen LogP contribution in [0.3, 0.4) is 0 Å². The van der Waals surface area contributed by atoms with Crippen molar-refractivity contribution in [3.63, 3.8) is 0 Å². The van der Waals surface area contributed by atoms with Gasteiger partial charge in [0.25, 0.3) is 0 Å². The number of hydrogen-bond acceptors (Lipinski definition) is 5. The third-order valence-corrected chi connectivity index (χ3v) is 3.85. The molecule has 0 aromatic carbocycles. The van der Waals surface area contributed by atoms with E-state index < -0.39 is 5.82 Å². The highest BCUT2D eigenvalue weighted by Gasteiger charge is 2.36. The normalized spacial score (nSPS) is 22.0. The molecule has 2 atom stereocenters. The summed E-state index contributed by atoms with van der Waals surface area (Å²) in [6.45, 7) is 0.801. The average Bonchev–Trinajstić information content (AvgIpc) is 3.07. The Morgan fingerprint density at radius 1 is 1.33 bits per heavy atom. The van der Waals surface area contributed by atoms with Crippen LogP contribution < -0.4 is 4.90 Å². The molecule has 112 valence electrons. The van der Waals surface area contributed by atoms with Crippen LogP contribution >= 0.6 is 0 Å². The highest BCUT2D eigenvalue weighted by atomic mass is 19.1. The monoisotopic (exact) mass is 291 g/mol. The Bertz CT molecular complexity index is 600. The summed E-state index contributed by atoms with van der Waals surface area (Å²) in [5, 5.41) is 4.20. The van der Waals surface area contributed by atoms with Crippen LogP contribution in [0.25, 0.3) is 0 Å².